The summed E-state index contributed by atoms with van der Waals surface area (Å²) in [7, 11) is 1.77. The summed E-state index contributed by atoms with van der Waals surface area (Å²) in [6.07, 6.45) is 0.832. The van der Waals surface area contributed by atoms with Crippen molar-refractivity contribution in [2.75, 3.05) is 19.4 Å². The number of ether oxygens (including phenoxy) is 1. The highest BCUT2D eigenvalue weighted by molar-refractivity contribution is 7.99. The first kappa shape index (κ1) is 19.1. The number of aromatic amines is 1. The highest BCUT2D eigenvalue weighted by atomic mass is 32.2. The Kier molecular flexibility index (Phi) is 7.12. The Morgan fingerprint density at radius 2 is 2.04 bits per heavy atom. The normalized spacial score (nSPS) is 10.7. The smallest absolute Gasteiger partial charge is 0.343 e. The zero-order chi connectivity index (χ0) is 18.2. The third-order valence-electron chi connectivity index (χ3n) is 3.58. The van der Waals surface area contributed by atoms with Crippen molar-refractivity contribution in [1.82, 2.24) is 19.7 Å². The Labute approximate surface area is 151 Å². The lowest BCUT2D eigenvalue weighted by Gasteiger charge is -2.17. The molecule has 136 valence electrons. The van der Waals surface area contributed by atoms with Gasteiger partial charge in [0.15, 0.2) is 5.16 Å². The van der Waals surface area contributed by atoms with Crippen molar-refractivity contribution in [1.29, 1.82) is 0 Å². The predicted octanol–water partition coefficient (Wildman–Crippen LogP) is 2.13. The fourth-order valence-electron chi connectivity index (χ4n) is 2.29. The van der Waals surface area contributed by atoms with Crippen molar-refractivity contribution in [2.24, 2.45) is 0 Å². The number of hydrogen-bond acceptors (Lipinski definition) is 5. The fourth-order valence-corrected chi connectivity index (χ4v) is 3.20. The molecule has 0 aliphatic heterocycles. The molecule has 0 saturated carbocycles. The van der Waals surface area contributed by atoms with Crippen LogP contribution in [-0.4, -0.2) is 45.0 Å². The van der Waals surface area contributed by atoms with Gasteiger partial charge in [0.2, 0.25) is 5.91 Å². The summed E-state index contributed by atoms with van der Waals surface area (Å²) in [6, 6.07) is 7.71. The van der Waals surface area contributed by atoms with Crippen LogP contribution >= 0.6 is 11.8 Å². The van der Waals surface area contributed by atoms with E-state index in [-0.39, 0.29) is 17.3 Å². The molecule has 8 heteroatoms. The van der Waals surface area contributed by atoms with Crippen molar-refractivity contribution in [3.05, 3.63) is 40.3 Å². The molecule has 2 aromatic rings. The maximum Gasteiger partial charge on any atom is 0.343 e. The molecule has 0 atom stereocenters. The van der Waals surface area contributed by atoms with E-state index in [2.05, 4.69) is 10.2 Å². The number of H-pyrrole nitrogens is 1. The molecule has 0 unspecified atom stereocenters. The largest absolute Gasteiger partial charge is 0.494 e. The van der Waals surface area contributed by atoms with E-state index < -0.39 is 0 Å². The Morgan fingerprint density at radius 3 is 2.68 bits per heavy atom. The lowest BCUT2D eigenvalue weighted by Crippen LogP contribution is -2.28. The summed E-state index contributed by atoms with van der Waals surface area (Å²) in [4.78, 5) is 25.6. The highest BCUT2D eigenvalue weighted by Gasteiger charge is 2.14. The van der Waals surface area contributed by atoms with Crippen molar-refractivity contribution in [3.63, 3.8) is 0 Å². The van der Waals surface area contributed by atoms with Gasteiger partial charge in [-0.2, -0.15) is 0 Å². The molecule has 0 aliphatic rings. The van der Waals surface area contributed by atoms with E-state index >= 15 is 0 Å². The van der Waals surface area contributed by atoms with E-state index in [1.165, 1.54) is 11.8 Å². The number of hydrogen-bond donors (Lipinski definition) is 1. The molecule has 1 heterocycles. The van der Waals surface area contributed by atoms with Gasteiger partial charge in [0.05, 0.1) is 12.4 Å². The lowest BCUT2D eigenvalue weighted by molar-refractivity contribution is -0.127. The second-order valence-corrected chi connectivity index (χ2v) is 6.52. The third kappa shape index (κ3) is 5.38. The van der Waals surface area contributed by atoms with Gasteiger partial charge in [0, 0.05) is 20.1 Å². The van der Waals surface area contributed by atoms with Gasteiger partial charge in [0.1, 0.15) is 5.75 Å². The van der Waals surface area contributed by atoms with Gasteiger partial charge in [-0.15, -0.1) is 5.10 Å². The van der Waals surface area contributed by atoms with Crippen LogP contribution in [0.15, 0.2) is 34.2 Å². The molecular formula is C17H24N4O3S. The van der Waals surface area contributed by atoms with Crippen LogP contribution in [0.5, 0.6) is 5.75 Å². The monoisotopic (exact) mass is 364 g/mol. The van der Waals surface area contributed by atoms with Crippen LogP contribution in [0.1, 0.15) is 25.8 Å². The maximum atomic E-state index is 12.3. The van der Waals surface area contributed by atoms with Crippen molar-refractivity contribution < 1.29 is 9.53 Å². The van der Waals surface area contributed by atoms with E-state index in [9.17, 15) is 9.59 Å². The molecule has 1 aromatic heterocycles. The minimum atomic E-state index is -0.237. The van der Waals surface area contributed by atoms with E-state index in [0.29, 0.717) is 24.9 Å². The first-order valence-electron chi connectivity index (χ1n) is 8.28. The maximum absolute atomic E-state index is 12.3. The molecule has 1 N–H and O–H groups in total. The van der Waals surface area contributed by atoms with Gasteiger partial charge < -0.3 is 9.64 Å². The Hall–Kier alpha value is -2.22. The van der Waals surface area contributed by atoms with Crippen molar-refractivity contribution in [2.45, 2.75) is 38.5 Å². The van der Waals surface area contributed by atoms with Crippen molar-refractivity contribution >= 4 is 17.7 Å². The number of carbonyl (C=O) groups excluding carboxylic acids is 1. The topological polar surface area (TPSA) is 80.2 Å². The summed E-state index contributed by atoms with van der Waals surface area (Å²) in [5.41, 5.74) is 0.798. The standard InChI is InChI=1S/C17H24N4O3S/c1-4-10-21-16(23)18-19-17(21)25-12-15(22)20(3)11-13-6-8-14(9-7-13)24-5-2/h6-9H,4-5,10-12H2,1-3H3,(H,18,23). The molecule has 2 rings (SSSR count). The van der Waals surface area contributed by atoms with E-state index in [1.807, 2.05) is 38.1 Å². The number of thioether (sulfide) groups is 1. The van der Waals surface area contributed by atoms with Gasteiger partial charge in [-0.25, -0.2) is 9.89 Å². The number of carbonyl (C=O) groups is 1. The minimum Gasteiger partial charge on any atom is -0.494 e. The number of benzene rings is 1. The quantitative estimate of drug-likeness (QED) is 0.690. The molecule has 0 aliphatic carbocycles. The summed E-state index contributed by atoms with van der Waals surface area (Å²) >= 11 is 1.27. The SMILES string of the molecule is CCCn1c(SCC(=O)N(C)Cc2ccc(OCC)cc2)n[nH]c1=O. The molecule has 25 heavy (non-hydrogen) atoms. The summed E-state index contributed by atoms with van der Waals surface area (Å²) < 4.78 is 6.97. The second-order valence-electron chi connectivity index (χ2n) is 5.58. The number of amides is 1. The molecule has 0 spiro atoms. The molecule has 0 saturated heterocycles. The molecule has 1 aromatic carbocycles. The van der Waals surface area contributed by atoms with Crippen LogP contribution in [0.4, 0.5) is 0 Å². The molecule has 1 amide bonds. The Balaban J connectivity index is 1.89. The molecule has 7 nitrogen and oxygen atoms in total. The molecule has 0 radical (unpaired) electrons. The van der Waals surface area contributed by atoms with Crippen LogP contribution in [-0.2, 0) is 17.9 Å². The van der Waals surface area contributed by atoms with Gasteiger partial charge in [-0.1, -0.05) is 30.8 Å². The fraction of sp³-hybridized carbons (Fsp3) is 0.471. The second kappa shape index (κ2) is 9.31. The first-order valence-corrected chi connectivity index (χ1v) is 9.27. The zero-order valence-electron chi connectivity index (χ0n) is 14.8. The van der Waals surface area contributed by atoms with Crippen LogP contribution in [0.3, 0.4) is 0 Å². The first-order chi connectivity index (χ1) is 12.0. The summed E-state index contributed by atoms with van der Waals surface area (Å²) in [5.74, 6) is 1.04. The average molecular weight is 364 g/mol. The number of nitrogens with one attached hydrogen (secondary N) is 1. The molecule has 0 bridgehead atoms. The van der Waals surface area contributed by atoms with Crippen LogP contribution in [0.25, 0.3) is 0 Å². The number of aromatic nitrogens is 3. The minimum absolute atomic E-state index is 0.0163. The lowest BCUT2D eigenvalue weighted by atomic mass is 10.2. The van der Waals surface area contributed by atoms with Crippen LogP contribution in [0.2, 0.25) is 0 Å². The molecule has 0 fully saturated rings. The molecular weight excluding hydrogens is 340 g/mol. The van der Waals surface area contributed by atoms with Crippen LogP contribution in [0, 0.1) is 0 Å². The predicted molar refractivity (Wildman–Crippen MR) is 97.9 cm³/mol. The van der Waals surface area contributed by atoms with Gasteiger partial charge in [-0.05, 0) is 31.0 Å². The third-order valence-corrected chi connectivity index (χ3v) is 4.54. The Bertz CT molecular complexity index is 739. The zero-order valence-corrected chi connectivity index (χ0v) is 15.6. The van der Waals surface area contributed by atoms with Gasteiger partial charge >= 0.3 is 5.69 Å². The van der Waals surface area contributed by atoms with E-state index in [4.69, 9.17) is 4.74 Å². The summed E-state index contributed by atoms with van der Waals surface area (Å²) in [6.45, 7) is 5.67. The summed E-state index contributed by atoms with van der Waals surface area (Å²) in [5, 5.41) is 6.96. The van der Waals surface area contributed by atoms with Crippen LogP contribution < -0.4 is 10.4 Å². The van der Waals surface area contributed by atoms with E-state index in [1.54, 1.807) is 16.5 Å². The average Bonchev–Trinajstić information content (AvgIpc) is 2.95. The number of nitrogens with zero attached hydrogens (tertiary/aromatic N) is 3. The highest BCUT2D eigenvalue weighted by Crippen LogP contribution is 2.16. The number of rotatable bonds is 9. The van der Waals surface area contributed by atoms with Crippen molar-refractivity contribution in [3.8, 4) is 5.75 Å². The van der Waals surface area contributed by atoms with Gasteiger partial charge in [-0.3, -0.25) is 9.36 Å². The van der Waals surface area contributed by atoms with Gasteiger partial charge in [0.25, 0.3) is 0 Å². The Morgan fingerprint density at radius 1 is 1.32 bits per heavy atom. The van der Waals surface area contributed by atoms with E-state index in [0.717, 1.165) is 17.7 Å².